The molecular weight excluding hydrogens is 560 g/mol. The smallest absolute Gasteiger partial charge is 0.478 e. The predicted octanol–water partition coefficient (Wildman–Crippen LogP) is 6.97. The Kier molecular flexibility index (Phi) is 8.56. The van der Waals surface area contributed by atoms with Gasteiger partial charge in [0, 0.05) is 5.56 Å². The summed E-state index contributed by atoms with van der Waals surface area (Å²) in [5.41, 5.74) is -1.66. The summed E-state index contributed by atoms with van der Waals surface area (Å²) in [7, 11) is 0. The minimum atomic E-state index is -7.24. The molecule has 1 aromatic carbocycles. The molecule has 0 atom stereocenters. The molecule has 0 saturated carbocycles. The van der Waals surface area contributed by atoms with E-state index in [4.69, 9.17) is 0 Å². The molecule has 36 heavy (non-hydrogen) atoms. The van der Waals surface area contributed by atoms with Gasteiger partial charge in [-0.25, -0.2) is 23.0 Å². The Hall–Kier alpha value is -2.48. The molecule has 0 radical (unpaired) electrons. The Morgan fingerprint density at radius 1 is 0.639 bits per heavy atom. The fourth-order valence-corrected chi connectivity index (χ4v) is 2.05. The molecule has 0 aliphatic rings. The lowest BCUT2D eigenvalue weighted by atomic mass is 10.1. The summed E-state index contributed by atoms with van der Waals surface area (Å²) in [6.45, 7) is 0.865. The van der Waals surface area contributed by atoms with Crippen LogP contribution in [0, 0.1) is 24.4 Å². The molecule has 0 unspecified atom stereocenters. The zero-order valence-corrected chi connectivity index (χ0v) is 16.7. The zero-order chi connectivity index (χ0) is 28.7. The summed E-state index contributed by atoms with van der Waals surface area (Å²) >= 11 is 0. The molecular formula is C16H8F16O4. The molecule has 0 heterocycles. The highest BCUT2D eigenvalue weighted by Crippen LogP contribution is 2.48. The van der Waals surface area contributed by atoms with Crippen molar-refractivity contribution < 1.29 is 89.2 Å². The van der Waals surface area contributed by atoms with Gasteiger partial charge in [-0.05, 0) is 12.5 Å². The summed E-state index contributed by atoms with van der Waals surface area (Å²) in [4.78, 5) is 0. The quantitative estimate of drug-likeness (QED) is 0.214. The van der Waals surface area contributed by atoms with E-state index in [1.807, 2.05) is 0 Å². The van der Waals surface area contributed by atoms with Gasteiger partial charge in [0.05, 0.1) is 0 Å². The van der Waals surface area contributed by atoms with Gasteiger partial charge in [-0.1, -0.05) is 12.7 Å². The summed E-state index contributed by atoms with van der Waals surface area (Å²) in [5.74, 6) is -8.21. The number of hydrogen-bond acceptors (Lipinski definition) is 4. The number of alkyl halides is 13. The molecule has 0 amide bonds. The first-order valence-corrected chi connectivity index (χ1v) is 8.29. The first kappa shape index (κ1) is 31.5. The molecule has 1 aromatic rings. The predicted molar refractivity (Wildman–Crippen MR) is 80.7 cm³/mol. The fraction of sp³-hybridized carbons (Fsp3) is 0.500. The SMILES string of the molecule is C=Cc1c(C)c(F)c(OCC(F)(F)OC(F)(F)C(F)(F)OC(F)(F)C(F)(F)OC(F)(F)F)c(F)c1F. The average molecular weight is 568 g/mol. The summed E-state index contributed by atoms with van der Waals surface area (Å²) in [6.07, 6.45) is -40.5. The Morgan fingerprint density at radius 2 is 1.06 bits per heavy atom. The molecule has 0 aliphatic carbocycles. The third-order valence-electron chi connectivity index (χ3n) is 3.61. The lowest BCUT2D eigenvalue weighted by Gasteiger charge is -2.33. The minimum Gasteiger partial charge on any atom is -0.478 e. The summed E-state index contributed by atoms with van der Waals surface area (Å²) in [6, 6.07) is 0. The first-order chi connectivity index (χ1) is 15.8. The van der Waals surface area contributed by atoms with Crippen LogP contribution in [-0.4, -0.2) is 43.5 Å². The van der Waals surface area contributed by atoms with E-state index in [1.54, 1.807) is 4.74 Å². The second-order valence-corrected chi connectivity index (χ2v) is 6.26. The van der Waals surface area contributed by atoms with Crippen LogP contribution >= 0.6 is 0 Å². The molecule has 0 bridgehead atoms. The number of halogens is 16. The van der Waals surface area contributed by atoms with E-state index in [-0.39, 0.29) is 0 Å². The lowest BCUT2D eigenvalue weighted by molar-refractivity contribution is -0.564. The Morgan fingerprint density at radius 3 is 1.47 bits per heavy atom. The Bertz CT molecular complexity index is 943. The molecule has 0 aromatic heterocycles. The van der Waals surface area contributed by atoms with Crippen LogP contribution in [0.1, 0.15) is 11.1 Å². The van der Waals surface area contributed by atoms with Crippen molar-refractivity contribution >= 4 is 6.08 Å². The standard InChI is InChI=1S/C16H8F16O4/c1-3-6-5(2)7(17)10(9(19)8(6)18)33-4-11(20,21)34-12(22,23)13(24,25)35-14(26,27)15(28,29)36-16(30,31)32/h3H,1,4H2,2H3. The van der Waals surface area contributed by atoms with Gasteiger partial charge in [-0.3, -0.25) is 0 Å². The van der Waals surface area contributed by atoms with Crippen molar-refractivity contribution in [2.45, 2.75) is 43.8 Å². The lowest BCUT2D eigenvalue weighted by Crippen LogP contribution is -2.57. The zero-order valence-electron chi connectivity index (χ0n) is 16.7. The van der Waals surface area contributed by atoms with Gasteiger partial charge in [0.2, 0.25) is 5.82 Å². The van der Waals surface area contributed by atoms with E-state index in [2.05, 4.69) is 16.1 Å². The van der Waals surface area contributed by atoms with Crippen LogP contribution in [0.5, 0.6) is 5.75 Å². The highest BCUT2D eigenvalue weighted by Gasteiger charge is 2.74. The van der Waals surface area contributed by atoms with Gasteiger partial charge >= 0.3 is 36.9 Å². The van der Waals surface area contributed by atoms with Crippen LogP contribution in [-0.2, 0) is 14.2 Å². The van der Waals surface area contributed by atoms with Gasteiger partial charge < -0.3 is 4.74 Å². The topological polar surface area (TPSA) is 36.9 Å². The monoisotopic (exact) mass is 568 g/mol. The fourth-order valence-electron chi connectivity index (χ4n) is 2.05. The van der Waals surface area contributed by atoms with E-state index < -0.39 is 77.8 Å². The van der Waals surface area contributed by atoms with Crippen LogP contribution < -0.4 is 4.74 Å². The second-order valence-electron chi connectivity index (χ2n) is 6.26. The molecule has 208 valence electrons. The summed E-state index contributed by atoms with van der Waals surface area (Å²) in [5, 5.41) is 0. The highest BCUT2D eigenvalue weighted by molar-refractivity contribution is 5.55. The minimum absolute atomic E-state index is 0.569. The molecule has 4 nitrogen and oxygen atoms in total. The number of ether oxygens (including phenoxy) is 4. The summed E-state index contributed by atoms with van der Waals surface area (Å²) < 4.78 is 218. The van der Waals surface area contributed by atoms with Gasteiger partial charge in [0.1, 0.15) is 0 Å². The molecule has 20 heteroatoms. The normalized spacial score (nSPS) is 14.2. The van der Waals surface area contributed by atoms with Gasteiger partial charge in [-0.15, -0.1) is 13.2 Å². The van der Waals surface area contributed by atoms with Crippen LogP contribution in [0.2, 0.25) is 0 Å². The van der Waals surface area contributed by atoms with Crippen molar-refractivity contribution in [3.8, 4) is 5.75 Å². The molecule has 0 saturated heterocycles. The van der Waals surface area contributed by atoms with Crippen molar-refractivity contribution in [2.75, 3.05) is 6.61 Å². The molecule has 1 rings (SSSR count). The van der Waals surface area contributed by atoms with Crippen LogP contribution in [0.25, 0.3) is 6.08 Å². The largest absolute Gasteiger partial charge is 0.527 e. The van der Waals surface area contributed by atoms with E-state index in [0.29, 0.717) is 6.08 Å². The van der Waals surface area contributed by atoms with Gasteiger partial charge in [0.25, 0.3) is 0 Å². The molecule has 0 aliphatic heterocycles. The third-order valence-corrected chi connectivity index (χ3v) is 3.61. The molecule has 0 spiro atoms. The highest BCUT2D eigenvalue weighted by atomic mass is 19.4. The van der Waals surface area contributed by atoms with Gasteiger partial charge in [-0.2, -0.15) is 48.3 Å². The van der Waals surface area contributed by atoms with Crippen molar-refractivity contribution in [1.29, 1.82) is 0 Å². The van der Waals surface area contributed by atoms with Crippen LogP contribution in [0.4, 0.5) is 70.2 Å². The van der Waals surface area contributed by atoms with Crippen molar-refractivity contribution in [1.82, 2.24) is 0 Å². The number of hydrogen-bond donors (Lipinski definition) is 0. The average Bonchev–Trinajstić information content (AvgIpc) is 2.63. The van der Waals surface area contributed by atoms with Crippen molar-refractivity contribution in [3.63, 3.8) is 0 Å². The van der Waals surface area contributed by atoms with Crippen LogP contribution in [0.3, 0.4) is 0 Å². The van der Waals surface area contributed by atoms with E-state index >= 15 is 0 Å². The van der Waals surface area contributed by atoms with Crippen molar-refractivity contribution in [3.05, 3.63) is 35.2 Å². The Balaban J connectivity index is 3.13. The maximum atomic E-state index is 14.0. The first-order valence-electron chi connectivity index (χ1n) is 8.29. The van der Waals surface area contributed by atoms with Crippen molar-refractivity contribution in [2.24, 2.45) is 0 Å². The van der Waals surface area contributed by atoms with E-state index in [1.165, 1.54) is 4.74 Å². The Labute approximate surface area is 187 Å². The van der Waals surface area contributed by atoms with Gasteiger partial charge in [0.15, 0.2) is 24.0 Å². The molecule has 0 N–H and O–H groups in total. The number of benzene rings is 1. The molecule has 0 fully saturated rings. The second kappa shape index (κ2) is 9.77. The third kappa shape index (κ3) is 6.84. The maximum Gasteiger partial charge on any atom is 0.527 e. The van der Waals surface area contributed by atoms with E-state index in [9.17, 15) is 70.2 Å². The van der Waals surface area contributed by atoms with Crippen LogP contribution in [0.15, 0.2) is 6.58 Å². The van der Waals surface area contributed by atoms with E-state index in [0.717, 1.165) is 6.92 Å². The number of rotatable bonds is 11. The maximum absolute atomic E-state index is 14.0.